The van der Waals surface area contributed by atoms with Crippen LogP contribution in [0.25, 0.3) is 32.3 Å². The first-order valence-corrected chi connectivity index (χ1v) is 48.5. The lowest BCUT2D eigenvalue weighted by atomic mass is 9.90. The van der Waals surface area contributed by atoms with E-state index in [2.05, 4.69) is 190 Å². The number of carbonyl (C=O) groups excluding carboxylic acids is 4. The van der Waals surface area contributed by atoms with Crippen LogP contribution in [0.15, 0.2) is 321 Å². The summed E-state index contributed by atoms with van der Waals surface area (Å²) in [5.41, 5.74) is 30.4. The van der Waals surface area contributed by atoms with Gasteiger partial charge in [0.05, 0.1) is 27.9 Å². The van der Waals surface area contributed by atoms with Crippen LogP contribution in [0.1, 0.15) is 119 Å². The highest BCUT2D eigenvalue weighted by Crippen LogP contribution is 2.34. The molecule has 12 aromatic rings. The summed E-state index contributed by atoms with van der Waals surface area (Å²) in [6.45, 7) is 6.14. The number of fused-ring (bicyclic) bond motifs is 3. The lowest BCUT2D eigenvalue weighted by molar-refractivity contribution is -0.136. The number of halogens is 2. The normalized spacial score (nSPS) is 18.0. The predicted molar refractivity (Wildman–Crippen MR) is 525 cm³/mol. The number of rotatable bonds is 33. The Hall–Kier alpha value is -10.7. The molecule has 3 aliphatic heterocycles. The zero-order valence-corrected chi connectivity index (χ0v) is 77.6. The number of sulfonamides is 1. The number of nitrogens with one attached hydrogen (secondary N) is 4. The second kappa shape index (κ2) is 47.1. The summed E-state index contributed by atoms with van der Waals surface area (Å²) >= 11 is 7.03. The Morgan fingerprint density at radius 3 is 1.39 bits per heavy atom. The standard InChI is InChI=1S/C35H39BrN4O2.C34H39BrN4O2S.C34H40N6O3S/c1-39-31(23-38-34(41)29-15-14-28-22-30(36)17-16-27(28)21-29)18-20-40(35(42)33(39)13-8-19-37)24-32(25-9-4-2-5-10-25)26-11-6-3-7-12-26;1-38(42(41)31-17-15-27-21-29(35)16-14-28(27)22-31)23-30-18-20-39(34(40)33(37-30)13-8-19-36)24-32(25-9-4-2-5-10-25)26-11-6-3-7-12-26;35-34(36)37-20-9-16-32-33(41)40(24-31(26-11-3-1-4-12-26)27-13-5-2-6-14-27)21-19-29(39-32)23-38-44(42,43)30-18-17-25-10-7-8-15-28(25)22-30/h2-7,9-12,14-17,21-22,31-33H,8,13,18-20,23-24,37H2,1H3,(H,38,41);2-7,9-12,14-17,21-22,30,32-33,37H,8,13,18-20,23-24,36H2,1H3;1-8,10-15,17-18,22,29,31-32,38-39H,9,16,19-21,23-24H2,(H4,35,36,37)/t31-,33-;30-,33-,42?;29-,32-/m000/s1. The summed E-state index contributed by atoms with van der Waals surface area (Å²) in [7, 11) is -1.18. The molecular weight excluding hydrogens is 1770 g/mol. The van der Waals surface area contributed by atoms with E-state index in [1.807, 2.05) is 191 Å². The van der Waals surface area contributed by atoms with E-state index in [0.29, 0.717) is 110 Å². The van der Waals surface area contributed by atoms with Crippen LogP contribution >= 0.6 is 31.9 Å². The van der Waals surface area contributed by atoms with Gasteiger partial charge in [-0.05, 0) is 204 Å². The summed E-state index contributed by atoms with van der Waals surface area (Å²) in [4.78, 5) is 68.4. The third-order valence-corrected chi connectivity index (χ3v) is 28.4. The number of nitrogens with two attached hydrogens (primary N) is 4. The second-order valence-electron chi connectivity index (χ2n) is 33.3. The molecule has 15 rings (SSSR count). The molecular formula is C103H118Br2N14O7S2. The van der Waals surface area contributed by atoms with Gasteiger partial charge in [0.25, 0.3) is 5.91 Å². The van der Waals surface area contributed by atoms with Crippen molar-refractivity contribution in [2.24, 2.45) is 27.9 Å². The zero-order valence-electron chi connectivity index (χ0n) is 72.8. The molecule has 3 fully saturated rings. The van der Waals surface area contributed by atoms with Crippen LogP contribution in [-0.2, 0) is 35.4 Å². The molecule has 3 aliphatic rings. The van der Waals surface area contributed by atoms with Gasteiger partial charge in [-0.1, -0.05) is 268 Å². The highest BCUT2D eigenvalue weighted by Gasteiger charge is 2.39. The highest BCUT2D eigenvalue weighted by atomic mass is 79.9. The molecule has 7 atom stereocenters. The average Bonchev–Trinajstić information content (AvgIpc) is 1.33. The first kappa shape index (κ1) is 94.9. The maximum Gasteiger partial charge on any atom is 0.251 e. The Balaban J connectivity index is 0.000000164. The summed E-state index contributed by atoms with van der Waals surface area (Å²) in [5, 5.41) is 16.3. The molecule has 128 heavy (non-hydrogen) atoms. The van der Waals surface area contributed by atoms with Gasteiger partial charge in [-0.15, -0.1) is 0 Å². The van der Waals surface area contributed by atoms with Crippen molar-refractivity contribution in [3.05, 3.63) is 345 Å². The fourth-order valence-corrected chi connectivity index (χ4v) is 20.5. The van der Waals surface area contributed by atoms with Gasteiger partial charge in [-0.25, -0.2) is 21.7 Å². The molecule has 0 bridgehead atoms. The topological polar surface area (TPSA) is 300 Å². The molecule has 25 heteroatoms. The van der Waals surface area contributed by atoms with Crippen molar-refractivity contribution in [2.75, 3.05) is 92.6 Å². The zero-order chi connectivity index (χ0) is 89.9. The molecule has 3 saturated heterocycles. The number of hydrogen-bond donors (Lipinski definition) is 8. The van der Waals surface area contributed by atoms with Gasteiger partial charge < -0.3 is 53.6 Å². The number of amides is 4. The van der Waals surface area contributed by atoms with Gasteiger partial charge >= 0.3 is 0 Å². The van der Waals surface area contributed by atoms with E-state index >= 15 is 0 Å². The monoisotopic (exact) mass is 1880 g/mol. The van der Waals surface area contributed by atoms with Crippen molar-refractivity contribution in [3.63, 3.8) is 0 Å². The molecule has 1 unspecified atom stereocenters. The summed E-state index contributed by atoms with van der Waals surface area (Å²) in [6, 6.07) is 97.4. The first-order chi connectivity index (χ1) is 62.2. The van der Waals surface area contributed by atoms with Crippen LogP contribution in [0.5, 0.6) is 0 Å². The van der Waals surface area contributed by atoms with Gasteiger partial charge in [0.15, 0.2) is 5.96 Å². The van der Waals surface area contributed by atoms with Crippen molar-refractivity contribution in [1.82, 2.24) is 44.6 Å². The molecule has 0 saturated carbocycles. The van der Waals surface area contributed by atoms with Crippen molar-refractivity contribution < 1.29 is 31.8 Å². The predicted octanol–water partition coefficient (Wildman–Crippen LogP) is 15.1. The first-order valence-electron chi connectivity index (χ1n) is 44.3. The number of carbonyl (C=O) groups is 4. The van der Waals surface area contributed by atoms with Crippen molar-refractivity contribution in [1.29, 1.82) is 0 Å². The van der Waals surface area contributed by atoms with Gasteiger partial charge in [-0.2, -0.15) is 0 Å². The highest BCUT2D eigenvalue weighted by molar-refractivity contribution is 9.10. The van der Waals surface area contributed by atoms with Crippen LogP contribution in [0, 0.1) is 0 Å². The van der Waals surface area contributed by atoms with Gasteiger partial charge in [-0.3, -0.25) is 29.1 Å². The fraction of sp³-hybridized carbons (Fsp3) is 0.311. The van der Waals surface area contributed by atoms with E-state index in [0.717, 1.165) is 83.0 Å². The third kappa shape index (κ3) is 26.1. The Morgan fingerprint density at radius 1 is 0.484 bits per heavy atom. The number of guanidine groups is 1. The van der Waals surface area contributed by atoms with E-state index in [1.54, 1.807) is 12.1 Å². The summed E-state index contributed by atoms with van der Waals surface area (Å²) in [6.07, 6.45) is 6.14. The lowest BCUT2D eigenvalue weighted by Gasteiger charge is -2.33. The molecule has 668 valence electrons. The van der Waals surface area contributed by atoms with Crippen LogP contribution in [-0.4, -0.2) is 195 Å². The van der Waals surface area contributed by atoms with E-state index in [-0.39, 0.29) is 89.0 Å². The van der Waals surface area contributed by atoms with Crippen LogP contribution < -0.4 is 43.6 Å². The quantitative estimate of drug-likeness (QED) is 0.0108. The number of nitrogens with zero attached hydrogens (tertiary/aromatic N) is 6. The molecule has 12 aromatic carbocycles. The van der Waals surface area contributed by atoms with E-state index in [4.69, 9.17) is 22.9 Å². The number of aliphatic imine (C=N–C) groups is 1. The fourth-order valence-electron chi connectivity index (χ4n) is 17.5. The number of hydrogen-bond acceptors (Lipinski definition) is 13. The van der Waals surface area contributed by atoms with Crippen molar-refractivity contribution in [3.8, 4) is 0 Å². The smallest absolute Gasteiger partial charge is 0.251 e. The SMILES string of the molecule is CN(C[C@@H]1CCN(CC(c2ccccc2)c2ccccc2)C(=O)[C@H](CCCN)N1)S(=O)c1ccc2cc(Br)ccc2c1.CN1[C@H](CNC(=O)c2ccc3cc(Br)ccc3c2)CCN(CC(c2ccccc2)c2ccccc2)C(=O)[C@@H]1CCCN.NC(N)=NCCC[C@@H]1N[C@H](CNS(=O)(=O)c2ccc3ccccc3c2)CCN(CC(c2ccccc2)c2ccccc2)C1=O. The maximum atomic E-state index is 14.1. The van der Waals surface area contributed by atoms with Crippen LogP contribution in [0.3, 0.4) is 0 Å². The Morgan fingerprint density at radius 2 is 0.891 bits per heavy atom. The van der Waals surface area contributed by atoms with Crippen LogP contribution in [0.2, 0.25) is 0 Å². The second-order valence-corrected chi connectivity index (χ2v) is 38.5. The minimum absolute atomic E-state index is 0.00778. The van der Waals surface area contributed by atoms with E-state index in [1.165, 1.54) is 22.3 Å². The average molecular weight is 1890 g/mol. The summed E-state index contributed by atoms with van der Waals surface area (Å²) in [5.74, 6) is 0.296. The molecule has 0 spiro atoms. The molecule has 12 N–H and O–H groups in total. The van der Waals surface area contributed by atoms with Gasteiger partial charge in [0.2, 0.25) is 27.7 Å². The minimum Gasteiger partial charge on any atom is -0.370 e. The third-order valence-electron chi connectivity index (χ3n) is 24.6. The Kier molecular flexibility index (Phi) is 34.9. The lowest BCUT2D eigenvalue weighted by Crippen LogP contribution is -2.50. The Bertz CT molecular complexity index is 5680. The molecule has 3 heterocycles. The van der Waals surface area contributed by atoms with E-state index < -0.39 is 27.1 Å². The molecule has 21 nitrogen and oxygen atoms in total. The van der Waals surface area contributed by atoms with Crippen molar-refractivity contribution >= 4 is 115 Å². The molecule has 0 aliphatic carbocycles. The summed E-state index contributed by atoms with van der Waals surface area (Å²) < 4.78 is 46.9. The minimum atomic E-state index is -3.76. The largest absolute Gasteiger partial charge is 0.370 e. The number of likely N-dealkylation sites (N-methyl/N-ethyl adjacent to an activating group) is 2. The van der Waals surface area contributed by atoms with Crippen molar-refractivity contribution in [2.45, 2.75) is 122 Å². The molecule has 0 radical (unpaired) electrons. The Labute approximate surface area is 772 Å². The number of benzene rings is 12. The maximum absolute atomic E-state index is 14.1. The molecule has 4 amide bonds. The van der Waals surface area contributed by atoms with E-state index in [9.17, 15) is 31.8 Å². The van der Waals surface area contributed by atoms with Gasteiger partial charge in [0, 0.05) is 123 Å². The van der Waals surface area contributed by atoms with Crippen LogP contribution in [0.4, 0.5) is 0 Å². The van der Waals surface area contributed by atoms with Gasteiger partial charge in [0.1, 0.15) is 11.0 Å². The molecule has 0 aromatic heterocycles.